The number of hydrogen-bond donors (Lipinski definition) is 2. The number of carbonyl (C=O) groups is 1. The van der Waals surface area contributed by atoms with E-state index in [4.69, 9.17) is 5.11 Å². The van der Waals surface area contributed by atoms with Gasteiger partial charge in [0.1, 0.15) is 12.6 Å². The van der Waals surface area contributed by atoms with Gasteiger partial charge in [-0.15, -0.1) is 0 Å². The number of hydrogen-bond acceptors (Lipinski definition) is 2. The van der Waals surface area contributed by atoms with Crippen LogP contribution >= 0.6 is 0 Å². The summed E-state index contributed by atoms with van der Waals surface area (Å²) in [6.45, 7) is 4.10. The van der Waals surface area contributed by atoms with Crippen LogP contribution in [0.3, 0.4) is 0 Å². The van der Waals surface area contributed by atoms with Gasteiger partial charge in [0.2, 0.25) is 0 Å². The Hall–Kier alpha value is -0.610. The third-order valence-electron chi connectivity index (χ3n) is 7.25. The molecule has 0 aliphatic carbocycles. The van der Waals surface area contributed by atoms with Gasteiger partial charge in [0, 0.05) is 6.42 Å². The molecule has 0 saturated carbocycles. The molecule has 1 unspecified atom stereocenters. The van der Waals surface area contributed by atoms with E-state index in [1.165, 1.54) is 128 Å². The molecule has 34 heavy (non-hydrogen) atoms. The number of carboxylic acids is 1. The topological polar surface area (TPSA) is 57.5 Å². The summed E-state index contributed by atoms with van der Waals surface area (Å²) in [5, 5.41) is 18.9. The summed E-state index contributed by atoms with van der Waals surface area (Å²) in [4.78, 5) is 10.6. The fraction of sp³-hybridized carbons (Fsp3) is 0.967. The third kappa shape index (κ3) is 26.0. The second-order valence-corrected chi connectivity index (χ2v) is 11.5. The Balaban J connectivity index is 3.32. The van der Waals surface area contributed by atoms with E-state index in [0.717, 1.165) is 17.6 Å². The normalized spacial score (nSPS) is 12.8. The predicted octanol–water partition coefficient (Wildman–Crippen LogP) is 8.50. The van der Waals surface area contributed by atoms with Gasteiger partial charge in [-0.1, -0.05) is 122 Å². The van der Waals surface area contributed by atoms with Crippen molar-refractivity contribution < 1.29 is 19.5 Å². The fourth-order valence-corrected chi connectivity index (χ4v) is 5.04. The molecule has 204 valence electrons. The van der Waals surface area contributed by atoms with Gasteiger partial charge in [-0.25, -0.2) is 0 Å². The number of rotatable bonds is 27. The van der Waals surface area contributed by atoms with Crippen LogP contribution in [0.5, 0.6) is 0 Å². The largest absolute Gasteiger partial charge is 0.481 e. The zero-order valence-corrected chi connectivity index (χ0v) is 23.5. The summed E-state index contributed by atoms with van der Waals surface area (Å²) in [5.74, 6) is -0.773. The SMILES string of the molecule is CCCCCCCCCCCCCCCCCCCCCC[N+](C)(C)CC(O)CCCC(=O)O. The Labute approximate surface area is 213 Å². The second kappa shape index (κ2) is 24.1. The molecular formula is C30H62NO3+. The molecule has 0 amide bonds. The van der Waals surface area contributed by atoms with Gasteiger partial charge in [-0.2, -0.15) is 0 Å². The van der Waals surface area contributed by atoms with Gasteiger partial charge >= 0.3 is 5.97 Å². The lowest BCUT2D eigenvalue weighted by Gasteiger charge is -2.32. The predicted molar refractivity (Wildman–Crippen MR) is 147 cm³/mol. The van der Waals surface area contributed by atoms with Crippen LogP contribution in [0.25, 0.3) is 0 Å². The van der Waals surface area contributed by atoms with Crippen molar-refractivity contribution in [3.63, 3.8) is 0 Å². The molecule has 0 aliphatic heterocycles. The first-order chi connectivity index (χ1) is 16.4. The average molecular weight is 485 g/mol. The molecule has 4 heteroatoms. The molecule has 0 aliphatic rings. The van der Waals surface area contributed by atoms with Crippen LogP contribution in [0.15, 0.2) is 0 Å². The number of nitrogens with zero attached hydrogens (tertiary/aromatic N) is 1. The van der Waals surface area contributed by atoms with E-state index in [9.17, 15) is 9.90 Å². The van der Waals surface area contributed by atoms with Crippen LogP contribution in [0, 0.1) is 0 Å². The van der Waals surface area contributed by atoms with Crippen molar-refractivity contribution >= 4 is 5.97 Å². The second-order valence-electron chi connectivity index (χ2n) is 11.5. The number of carboxylic acid groups (broad SMARTS) is 1. The molecule has 0 aromatic heterocycles. The van der Waals surface area contributed by atoms with Gasteiger partial charge < -0.3 is 14.7 Å². The summed E-state index contributed by atoms with van der Waals surface area (Å²) < 4.78 is 0.827. The van der Waals surface area contributed by atoms with Crippen molar-refractivity contribution in [3.8, 4) is 0 Å². The number of aliphatic hydroxyl groups excluding tert-OH is 1. The van der Waals surface area contributed by atoms with Gasteiger partial charge in [0.05, 0.1) is 20.6 Å². The van der Waals surface area contributed by atoms with E-state index < -0.39 is 5.97 Å². The monoisotopic (exact) mass is 484 g/mol. The van der Waals surface area contributed by atoms with Gasteiger partial charge in [-0.3, -0.25) is 4.79 Å². The van der Waals surface area contributed by atoms with E-state index in [0.29, 0.717) is 12.8 Å². The average Bonchev–Trinajstić information content (AvgIpc) is 2.77. The smallest absolute Gasteiger partial charge is 0.303 e. The maximum absolute atomic E-state index is 10.6. The van der Waals surface area contributed by atoms with Crippen LogP contribution in [0.4, 0.5) is 0 Å². The van der Waals surface area contributed by atoms with Crippen LogP contribution in [-0.2, 0) is 4.79 Å². The van der Waals surface area contributed by atoms with Gasteiger partial charge in [0.25, 0.3) is 0 Å². The summed E-state index contributed by atoms with van der Waals surface area (Å²) in [5.41, 5.74) is 0. The van der Waals surface area contributed by atoms with E-state index in [2.05, 4.69) is 21.0 Å². The number of aliphatic hydroxyl groups is 1. The lowest BCUT2D eigenvalue weighted by molar-refractivity contribution is -0.893. The summed E-state index contributed by atoms with van der Waals surface area (Å²) >= 11 is 0. The minimum atomic E-state index is -0.773. The van der Waals surface area contributed by atoms with Crippen molar-refractivity contribution in [2.24, 2.45) is 0 Å². The van der Waals surface area contributed by atoms with E-state index >= 15 is 0 Å². The fourth-order valence-electron chi connectivity index (χ4n) is 5.04. The van der Waals surface area contributed by atoms with Crippen LogP contribution < -0.4 is 0 Å². The van der Waals surface area contributed by atoms with Crippen LogP contribution in [0.1, 0.15) is 155 Å². The van der Waals surface area contributed by atoms with Crippen molar-refractivity contribution in [1.82, 2.24) is 0 Å². The van der Waals surface area contributed by atoms with Crippen molar-refractivity contribution in [3.05, 3.63) is 0 Å². The first kappa shape index (κ1) is 33.4. The molecule has 0 aromatic carbocycles. The minimum absolute atomic E-state index is 0.157. The quantitative estimate of drug-likeness (QED) is 0.0907. The van der Waals surface area contributed by atoms with E-state index in [-0.39, 0.29) is 12.5 Å². The molecule has 2 N–H and O–H groups in total. The highest BCUT2D eigenvalue weighted by molar-refractivity contribution is 5.66. The zero-order valence-electron chi connectivity index (χ0n) is 23.5. The highest BCUT2D eigenvalue weighted by Gasteiger charge is 2.20. The van der Waals surface area contributed by atoms with Crippen molar-refractivity contribution in [2.75, 3.05) is 27.2 Å². The van der Waals surface area contributed by atoms with E-state index in [1.807, 2.05) is 0 Å². The van der Waals surface area contributed by atoms with Crippen molar-refractivity contribution in [1.29, 1.82) is 0 Å². The highest BCUT2D eigenvalue weighted by atomic mass is 16.4. The Morgan fingerprint density at radius 2 is 0.971 bits per heavy atom. The molecule has 0 bridgehead atoms. The molecule has 0 fully saturated rings. The van der Waals surface area contributed by atoms with Gasteiger partial charge in [-0.05, 0) is 25.7 Å². The highest BCUT2D eigenvalue weighted by Crippen LogP contribution is 2.15. The molecule has 0 rings (SSSR count). The Morgan fingerprint density at radius 1 is 0.618 bits per heavy atom. The van der Waals surface area contributed by atoms with Gasteiger partial charge in [0.15, 0.2) is 0 Å². The lowest BCUT2D eigenvalue weighted by Crippen LogP contribution is -2.46. The Morgan fingerprint density at radius 3 is 1.32 bits per heavy atom. The maximum atomic E-state index is 10.6. The summed E-state index contributed by atoms with van der Waals surface area (Å²) in [6.07, 6.45) is 29.0. The first-order valence-corrected chi connectivity index (χ1v) is 15.1. The van der Waals surface area contributed by atoms with Crippen LogP contribution in [0.2, 0.25) is 0 Å². The molecule has 0 radical (unpaired) electrons. The lowest BCUT2D eigenvalue weighted by atomic mass is 10.0. The molecule has 4 nitrogen and oxygen atoms in total. The van der Waals surface area contributed by atoms with Crippen LogP contribution in [-0.4, -0.2) is 54.0 Å². The first-order valence-electron chi connectivity index (χ1n) is 15.1. The zero-order chi connectivity index (χ0) is 25.3. The third-order valence-corrected chi connectivity index (χ3v) is 7.25. The summed E-state index contributed by atoms with van der Waals surface area (Å²) in [7, 11) is 4.35. The molecule has 0 aromatic rings. The Kier molecular flexibility index (Phi) is 23.7. The number of aliphatic carboxylic acids is 1. The molecule has 0 saturated heterocycles. The molecular weight excluding hydrogens is 422 g/mol. The van der Waals surface area contributed by atoms with E-state index in [1.54, 1.807) is 0 Å². The summed E-state index contributed by atoms with van der Waals surface area (Å²) in [6, 6.07) is 0. The Bertz CT molecular complexity index is 439. The standard InChI is InChI=1S/C30H61NO3/c1-4-5-6-7-8-9-10-11-12-13-14-15-16-17-18-19-20-21-22-23-27-31(2,3)28-29(32)25-24-26-30(33)34/h29,32H,4-28H2,1-3H3/p+1. The number of likely N-dealkylation sites (N-methyl/N-ethyl adjacent to an activating group) is 1. The number of unbranched alkanes of at least 4 members (excludes halogenated alkanes) is 19. The van der Waals surface area contributed by atoms with Crippen molar-refractivity contribution in [2.45, 2.75) is 161 Å². The molecule has 0 spiro atoms. The number of quaternary nitrogens is 1. The maximum Gasteiger partial charge on any atom is 0.303 e. The molecule has 1 atom stereocenters. The minimum Gasteiger partial charge on any atom is -0.481 e. The molecule has 0 heterocycles.